The average molecular weight is 618 g/mol. The molecule has 12 heteroatoms. The maximum atomic E-state index is 12.6. The van der Waals surface area contributed by atoms with Gasteiger partial charge >= 0.3 is 5.69 Å². The number of hydrogen-bond acceptors (Lipinski definition) is 7. The van der Waals surface area contributed by atoms with E-state index in [1.165, 1.54) is 22.4 Å². The van der Waals surface area contributed by atoms with Crippen LogP contribution >= 0.6 is 31.9 Å². The molecule has 0 amide bonds. The molecule has 0 spiro atoms. The number of anilines is 1. The van der Waals surface area contributed by atoms with Crippen LogP contribution in [0.4, 0.5) is 5.95 Å². The van der Waals surface area contributed by atoms with Crippen molar-refractivity contribution in [3.8, 4) is 5.75 Å². The van der Waals surface area contributed by atoms with Gasteiger partial charge in [0.1, 0.15) is 18.5 Å². The predicted octanol–water partition coefficient (Wildman–Crippen LogP) is 3.46. The molecule has 0 bridgehead atoms. The van der Waals surface area contributed by atoms with Crippen molar-refractivity contribution in [2.24, 2.45) is 12.1 Å². The number of aryl methyl sites for hydroxylation is 1. The molecule has 2 aromatic heterocycles. The molecule has 0 aliphatic rings. The highest BCUT2D eigenvalue weighted by atomic mass is 79.9. The summed E-state index contributed by atoms with van der Waals surface area (Å²) in [4.78, 5) is 31.4. The normalized spacial score (nSPS) is 12.8. The fourth-order valence-corrected chi connectivity index (χ4v) is 4.01. The van der Waals surface area contributed by atoms with Crippen molar-refractivity contribution in [2.75, 3.05) is 12.0 Å². The lowest BCUT2D eigenvalue weighted by molar-refractivity contribution is 0.0938. The highest BCUT2D eigenvalue weighted by Gasteiger charge is 2.20. The standard InChI is InChI=1S/C24H22Br2N6O4/c1-31-21-20(22(34)29-24(31)35)32(13-18(33)14-36-19-9-7-16(25)8-10-19)23(28-21)30-27-12-17(26)11-15-5-3-2-4-6-15/h2-12,18,33H,13-14H2,1H3,(H,28,30)(H,29,34,35)/b17-11-,27-12+. The number of rotatable bonds is 9. The van der Waals surface area contributed by atoms with Crippen molar-refractivity contribution in [1.29, 1.82) is 0 Å². The van der Waals surface area contributed by atoms with Gasteiger partial charge in [-0.1, -0.05) is 46.3 Å². The second-order valence-electron chi connectivity index (χ2n) is 7.77. The maximum Gasteiger partial charge on any atom is 0.329 e. The van der Waals surface area contributed by atoms with E-state index in [2.05, 4.69) is 52.4 Å². The number of imidazole rings is 1. The van der Waals surface area contributed by atoms with Gasteiger partial charge < -0.3 is 14.4 Å². The first-order valence-electron chi connectivity index (χ1n) is 10.8. The number of benzene rings is 2. The van der Waals surface area contributed by atoms with Crippen LogP contribution in [0, 0.1) is 0 Å². The van der Waals surface area contributed by atoms with Gasteiger partial charge in [-0.3, -0.25) is 14.3 Å². The smallest absolute Gasteiger partial charge is 0.329 e. The van der Waals surface area contributed by atoms with Gasteiger partial charge in [-0.05, 0) is 51.8 Å². The van der Waals surface area contributed by atoms with E-state index < -0.39 is 17.4 Å². The second-order valence-corrected chi connectivity index (χ2v) is 9.60. The van der Waals surface area contributed by atoms with E-state index in [1.54, 1.807) is 12.1 Å². The lowest BCUT2D eigenvalue weighted by atomic mass is 10.2. The number of hydrogen-bond donors (Lipinski definition) is 3. The summed E-state index contributed by atoms with van der Waals surface area (Å²) in [6.45, 7) is -0.0633. The third-order valence-electron chi connectivity index (χ3n) is 5.11. The van der Waals surface area contributed by atoms with Crippen molar-refractivity contribution >= 4 is 61.3 Å². The van der Waals surface area contributed by atoms with Crippen molar-refractivity contribution in [1.82, 2.24) is 19.1 Å². The largest absolute Gasteiger partial charge is 0.491 e. The molecule has 1 atom stereocenters. The van der Waals surface area contributed by atoms with Crippen molar-refractivity contribution in [2.45, 2.75) is 12.6 Å². The topological polar surface area (TPSA) is 127 Å². The van der Waals surface area contributed by atoms with Crippen molar-refractivity contribution in [3.63, 3.8) is 0 Å². The van der Waals surface area contributed by atoms with Crippen molar-refractivity contribution in [3.05, 3.63) is 90.0 Å². The van der Waals surface area contributed by atoms with Crippen LogP contribution in [0.15, 0.2) is 78.2 Å². The minimum atomic E-state index is -0.989. The lowest BCUT2D eigenvalue weighted by Gasteiger charge is -2.15. The molecule has 10 nitrogen and oxygen atoms in total. The molecule has 0 aliphatic carbocycles. The van der Waals surface area contributed by atoms with Crippen LogP contribution in [0.25, 0.3) is 17.2 Å². The Kier molecular flexibility index (Phi) is 8.18. The monoisotopic (exact) mass is 616 g/mol. The highest BCUT2D eigenvalue weighted by molar-refractivity contribution is 9.12. The maximum absolute atomic E-state index is 12.6. The predicted molar refractivity (Wildman–Crippen MR) is 147 cm³/mol. The van der Waals surface area contributed by atoms with Crippen LogP contribution in [0.3, 0.4) is 0 Å². The minimum Gasteiger partial charge on any atom is -0.491 e. The summed E-state index contributed by atoms with van der Waals surface area (Å²) in [6, 6.07) is 16.9. The van der Waals surface area contributed by atoms with E-state index in [-0.39, 0.29) is 30.3 Å². The Labute approximate surface area is 222 Å². The second kappa shape index (κ2) is 11.5. The first-order chi connectivity index (χ1) is 17.3. The number of aromatic amines is 1. The van der Waals surface area contributed by atoms with Gasteiger partial charge in [-0.2, -0.15) is 10.1 Å². The first-order valence-corrected chi connectivity index (χ1v) is 12.4. The molecule has 4 rings (SSSR count). The van der Waals surface area contributed by atoms with Crippen molar-refractivity contribution < 1.29 is 9.84 Å². The molecular formula is C24H22Br2N6O4. The number of allylic oxidation sites excluding steroid dienone is 1. The summed E-state index contributed by atoms with van der Waals surface area (Å²) in [5.41, 5.74) is 2.85. The molecule has 4 aromatic rings. The van der Waals surface area contributed by atoms with Gasteiger partial charge in [-0.15, -0.1) is 0 Å². The third-order valence-corrected chi connectivity index (χ3v) is 6.08. The van der Waals surface area contributed by atoms with E-state index in [0.29, 0.717) is 10.2 Å². The van der Waals surface area contributed by atoms with Gasteiger partial charge in [0.05, 0.1) is 12.8 Å². The number of aliphatic hydroxyl groups excluding tert-OH is 1. The average Bonchev–Trinajstić information content (AvgIpc) is 3.21. The molecule has 2 aromatic carbocycles. The Balaban J connectivity index is 1.58. The third kappa shape index (κ3) is 6.20. The molecule has 186 valence electrons. The van der Waals surface area contributed by atoms with Crippen LogP contribution < -0.4 is 21.4 Å². The van der Waals surface area contributed by atoms with Gasteiger partial charge in [0.15, 0.2) is 11.2 Å². The summed E-state index contributed by atoms with van der Waals surface area (Å²) < 4.78 is 9.94. The lowest BCUT2D eigenvalue weighted by Crippen LogP contribution is -2.30. The van der Waals surface area contributed by atoms with Gasteiger partial charge in [0.2, 0.25) is 5.95 Å². The van der Waals surface area contributed by atoms with Crippen LogP contribution in [0.1, 0.15) is 5.56 Å². The zero-order valence-electron chi connectivity index (χ0n) is 19.1. The molecule has 1 unspecified atom stereocenters. The Morgan fingerprint density at radius 1 is 1.22 bits per heavy atom. The zero-order valence-corrected chi connectivity index (χ0v) is 22.2. The molecule has 3 N–H and O–H groups in total. The molecule has 0 saturated heterocycles. The van der Waals surface area contributed by atoms with Gasteiger partial charge in [-0.25, -0.2) is 10.2 Å². The molecule has 0 aliphatic heterocycles. The Morgan fingerprint density at radius 2 is 1.94 bits per heavy atom. The van der Waals surface area contributed by atoms with E-state index in [1.807, 2.05) is 48.5 Å². The summed E-state index contributed by atoms with van der Waals surface area (Å²) in [5.74, 6) is 0.765. The van der Waals surface area contributed by atoms with Crippen LogP contribution in [0.2, 0.25) is 0 Å². The summed E-state index contributed by atoms with van der Waals surface area (Å²) in [7, 11) is 1.50. The fraction of sp³-hybridized carbons (Fsp3) is 0.167. The molecule has 0 fully saturated rings. The van der Waals surface area contributed by atoms with Gasteiger partial charge in [0, 0.05) is 16.0 Å². The molecular weight excluding hydrogens is 596 g/mol. The summed E-state index contributed by atoms with van der Waals surface area (Å²) in [6.07, 6.45) is 2.43. The SMILES string of the molecule is Cn1c(=O)[nH]c(=O)c2c1nc(N/N=C/C(Br)=C/c1ccccc1)n2CC(O)COc1ccc(Br)cc1. The number of ether oxygens (including phenoxy) is 1. The van der Waals surface area contributed by atoms with E-state index >= 15 is 0 Å². The van der Waals surface area contributed by atoms with Crippen LogP contribution in [-0.4, -0.2) is 43.1 Å². The molecule has 0 radical (unpaired) electrons. The van der Waals surface area contributed by atoms with Crippen LogP contribution in [0.5, 0.6) is 5.75 Å². The summed E-state index contributed by atoms with van der Waals surface area (Å²) in [5, 5.41) is 14.9. The molecule has 36 heavy (non-hydrogen) atoms. The highest BCUT2D eigenvalue weighted by Crippen LogP contribution is 2.19. The number of aliphatic hydroxyl groups is 1. The quantitative estimate of drug-likeness (QED) is 0.195. The number of H-pyrrole nitrogens is 1. The minimum absolute atomic E-state index is 0.0287. The first kappa shape index (κ1) is 25.6. The number of hydrazone groups is 1. The van der Waals surface area contributed by atoms with E-state index in [4.69, 9.17) is 4.74 Å². The number of nitrogens with zero attached hydrogens (tertiary/aromatic N) is 4. The Morgan fingerprint density at radius 3 is 2.67 bits per heavy atom. The molecule has 2 heterocycles. The number of nitrogens with one attached hydrogen (secondary N) is 2. The molecule has 0 saturated carbocycles. The zero-order chi connectivity index (χ0) is 25.7. The number of aromatic nitrogens is 4. The fourth-order valence-electron chi connectivity index (χ4n) is 3.38. The van der Waals surface area contributed by atoms with E-state index in [0.717, 1.165) is 10.0 Å². The summed E-state index contributed by atoms with van der Waals surface area (Å²) >= 11 is 6.81. The number of halogens is 2. The Bertz CT molecular complexity index is 1520. The number of fused-ring (bicyclic) bond motifs is 1. The van der Waals surface area contributed by atoms with E-state index in [9.17, 15) is 14.7 Å². The van der Waals surface area contributed by atoms with Gasteiger partial charge in [0.25, 0.3) is 5.56 Å². The van der Waals surface area contributed by atoms with Crippen LogP contribution in [-0.2, 0) is 13.6 Å². The Hall–Kier alpha value is -3.48.